The van der Waals surface area contributed by atoms with Gasteiger partial charge < -0.3 is 19.7 Å². The van der Waals surface area contributed by atoms with Crippen LogP contribution in [0.2, 0.25) is 0 Å². The van der Waals surface area contributed by atoms with E-state index in [-0.39, 0.29) is 12.0 Å². The number of carbonyl (C=O) groups excluding carboxylic acids is 1. The molecule has 2 aromatic heterocycles. The Labute approximate surface area is 186 Å². The maximum absolute atomic E-state index is 12.5. The van der Waals surface area contributed by atoms with E-state index in [9.17, 15) is 4.79 Å². The highest BCUT2D eigenvalue weighted by molar-refractivity contribution is 5.99. The normalized spacial score (nSPS) is 13.5. The second-order valence-corrected chi connectivity index (χ2v) is 7.36. The highest BCUT2D eigenvalue weighted by Crippen LogP contribution is 2.21. The molecule has 9 heteroatoms. The van der Waals surface area contributed by atoms with Gasteiger partial charge in [0.15, 0.2) is 0 Å². The predicted molar refractivity (Wildman–Crippen MR) is 122 cm³/mol. The first-order valence-corrected chi connectivity index (χ1v) is 10.5. The van der Waals surface area contributed by atoms with E-state index in [2.05, 4.69) is 30.5 Å². The molecule has 0 spiro atoms. The lowest BCUT2D eigenvalue weighted by Gasteiger charge is -2.28. The van der Waals surface area contributed by atoms with E-state index in [0.717, 1.165) is 11.3 Å². The SMILES string of the molecule is Cc1cccc(NC(=O)Nc2cc(N3CCOCC3)nc(OCCc3ccccn3)n2)c1. The first-order chi connectivity index (χ1) is 15.7. The zero-order valence-corrected chi connectivity index (χ0v) is 18.0. The molecule has 1 fully saturated rings. The molecule has 0 bridgehead atoms. The number of rotatable bonds is 7. The third-order valence-electron chi connectivity index (χ3n) is 4.86. The largest absolute Gasteiger partial charge is 0.463 e. The number of carbonyl (C=O) groups is 1. The van der Waals surface area contributed by atoms with Crippen molar-refractivity contribution in [2.75, 3.05) is 48.4 Å². The molecule has 2 amide bonds. The number of hydrogen-bond acceptors (Lipinski definition) is 7. The number of pyridine rings is 1. The van der Waals surface area contributed by atoms with Crippen molar-refractivity contribution < 1.29 is 14.3 Å². The minimum absolute atomic E-state index is 0.204. The Hall–Kier alpha value is -3.72. The van der Waals surface area contributed by atoms with Crippen LogP contribution in [0.5, 0.6) is 6.01 Å². The smallest absolute Gasteiger partial charge is 0.324 e. The average Bonchev–Trinajstić information content (AvgIpc) is 2.80. The van der Waals surface area contributed by atoms with E-state index in [1.807, 2.05) is 49.4 Å². The van der Waals surface area contributed by atoms with Crippen LogP contribution in [0.4, 0.5) is 22.1 Å². The molecular weight excluding hydrogens is 408 g/mol. The molecule has 0 unspecified atom stereocenters. The zero-order valence-electron chi connectivity index (χ0n) is 18.0. The fraction of sp³-hybridized carbons (Fsp3) is 0.304. The standard InChI is InChI=1S/C23H26N6O3/c1-17-5-4-7-19(15-17)25-22(30)26-20-16-21(29-10-13-31-14-11-29)28-23(27-20)32-12-8-18-6-2-3-9-24-18/h2-7,9,15-16H,8,10-14H2,1H3,(H2,25,26,27,28,30). The summed E-state index contributed by atoms with van der Waals surface area (Å²) >= 11 is 0. The third-order valence-corrected chi connectivity index (χ3v) is 4.86. The molecule has 0 atom stereocenters. The Morgan fingerprint density at radius 3 is 2.75 bits per heavy atom. The van der Waals surface area contributed by atoms with Crippen LogP contribution in [0.25, 0.3) is 0 Å². The van der Waals surface area contributed by atoms with E-state index >= 15 is 0 Å². The number of urea groups is 1. The molecule has 0 aliphatic carbocycles. The van der Waals surface area contributed by atoms with Crippen LogP contribution in [0, 0.1) is 6.92 Å². The topological polar surface area (TPSA) is 102 Å². The minimum atomic E-state index is -0.387. The summed E-state index contributed by atoms with van der Waals surface area (Å²) in [6, 6.07) is 14.9. The van der Waals surface area contributed by atoms with Gasteiger partial charge in [0.25, 0.3) is 0 Å². The van der Waals surface area contributed by atoms with Gasteiger partial charge in [-0.15, -0.1) is 0 Å². The summed E-state index contributed by atoms with van der Waals surface area (Å²) in [7, 11) is 0. The number of aryl methyl sites for hydroxylation is 1. The number of anilines is 3. The van der Waals surface area contributed by atoms with Gasteiger partial charge in [0.05, 0.1) is 19.8 Å². The van der Waals surface area contributed by atoms with Crippen molar-refractivity contribution in [2.45, 2.75) is 13.3 Å². The van der Waals surface area contributed by atoms with Gasteiger partial charge in [0, 0.05) is 43.2 Å². The van der Waals surface area contributed by atoms with E-state index in [0.29, 0.717) is 56.7 Å². The van der Waals surface area contributed by atoms with Crippen LogP contribution in [0.15, 0.2) is 54.7 Å². The van der Waals surface area contributed by atoms with Gasteiger partial charge in [0.2, 0.25) is 0 Å². The Morgan fingerprint density at radius 2 is 1.97 bits per heavy atom. The second kappa shape index (κ2) is 10.5. The molecule has 3 aromatic rings. The summed E-state index contributed by atoms with van der Waals surface area (Å²) in [6.07, 6.45) is 2.38. The number of nitrogens with zero attached hydrogens (tertiary/aromatic N) is 4. The summed E-state index contributed by atoms with van der Waals surface area (Å²) in [5, 5.41) is 5.61. The quantitative estimate of drug-likeness (QED) is 0.588. The number of benzene rings is 1. The van der Waals surface area contributed by atoms with E-state index in [4.69, 9.17) is 9.47 Å². The van der Waals surface area contributed by atoms with Crippen molar-refractivity contribution in [3.05, 3.63) is 66.0 Å². The first kappa shape index (κ1) is 21.5. The molecule has 0 radical (unpaired) electrons. The van der Waals surface area contributed by atoms with Gasteiger partial charge >= 0.3 is 12.0 Å². The Balaban J connectivity index is 1.46. The maximum atomic E-state index is 12.5. The molecule has 1 saturated heterocycles. The summed E-state index contributed by atoms with van der Waals surface area (Å²) in [6.45, 7) is 5.00. The lowest BCUT2D eigenvalue weighted by Crippen LogP contribution is -2.37. The Kier molecular flexibility index (Phi) is 7.08. The van der Waals surface area contributed by atoms with Gasteiger partial charge in [-0.05, 0) is 36.8 Å². The molecule has 1 aromatic carbocycles. The monoisotopic (exact) mass is 434 g/mol. The molecule has 2 N–H and O–H groups in total. The zero-order chi connectivity index (χ0) is 22.2. The molecule has 3 heterocycles. The van der Waals surface area contributed by atoms with Crippen LogP contribution in [-0.2, 0) is 11.2 Å². The number of ether oxygens (including phenoxy) is 2. The fourth-order valence-corrected chi connectivity index (χ4v) is 3.29. The number of amides is 2. The van der Waals surface area contributed by atoms with Gasteiger partial charge in [-0.1, -0.05) is 18.2 Å². The minimum Gasteiger partial charge on any atom is -0.463 e. The highest BCUT2D eigenvalue weighted by atomic mass is 16.5. The molecule has 32 heavy (non-hydrogen) atoms. The van der Waals surface area contributed by atoms with Gasteiger partial charge in [0.1, 0.15) is 11.6 Å². The summed E-state index contributed by atoms with van der Waals surface area (Å²) in [5.41, 5.74) is 2.69. The Morgan fingerprint density at radius 1 is 1.09 bits per heavy atom. The van der Waals surface area contributed by atoms with Gasteiger partial charge in [-0.2, -0.15) is 9.97 Å². The first-order valence-electron chi connectivity index (χ1n) is 10.5. The number of nitrogens with one attached hydrogen (secondary N) is 2. The fourth-order valence-electron chi connectivity index (χ4n) is 3.29. The summed E-state index contributed by atoms with van der Waals surface area (Å²) < 4.78 is 11.2. The van der Waals surface area contributed by atoms with Crippen molar-refractivity contribution in [1.82, 2.24) is 15.0 Å². The maximum Gasteiger partial charge on any atom is 0.324 e. The van der Waals surface area contributed by atoms with Crippen molar-refractivity contribution in [2.24, 2.45) is 0 Å². The van der Waals surface area contributed by atoms with Crippen molar-refractivity contribution >= 4 is 23.4 Å². The lowest BCUT2D eigenvalue weighted by molar-refractivity contribution is 0.122. The molecular formula is C23H26N6O3. The molecule has 1 aliphatic heterocycles. The summed E-state index contributed by atoms with van der Waals surface area (Å²) in [4.78, 5) is 27.8. The predicted octanol–water partition coefficient (Wildman–Crippen LogP) is 3.28. The highest BCUT2D eigenvalue weighted by Gasteiger charge is 2.17. The van der Waals surface area contributed by atoms with E-state index < -0.39 is 0 Å². The van der Waals surface area contributed by atoms with Gasteiger partial charge in [-0.25, -0.2) is 4.79 Å². The van der Waals surface area contributed by atoms with Crippen LogP contribution < -0.4 is 20.3 Å². The number of hydrogen-bond donors (Lipinski definition) is 2. The second-order valence-electron chi connectivity index (χ2n) is 7.36. The molecule has 4 rings (SSSR count). The van der Waals surface area contributed by atoms with Crippen LogP contribution in [-0.4, -0.2) is 53.9 Å². The van der Waals surface area contributed by atoms with Crippen LogP contribution in [0.3, 0.4) is 0 Å². The number of aromatic nitrogens is 3. The van der Waals surface area contributed by atoms with Crippen molar-refractivity contribution in [1.29, 1.82) is 0 Å². The average molecular weight is 435 g/mol. The van der Waals surface area contributed by atoms with Crippen LogP contribution >= 0.6 is 0 Å². The Bertz CT molecular complexity index is 1040. The lowest BCUT2D eigenvalue weighted by atomic mass is 10.2. The molecule has 1 aliphatic rings. The van der Waals surface area contributed by atoms with Crippen molar-refractivity contribution in [3.63, 3.8) is 0 Å². The van der Waals surface area contributed by atoms with Crippen LogP contribution in [0.1, 0.15) is 11.3 Å². The van der Waals surface area contributed by atoms with E-state index in [1.54, 1.807) is 12.3 Å². The number of morpholine rings is 1. The summed E-state index contributed by atoms with van der Waals surface area (Å²) in [5.74, 6) is 1.04. The third kappa shape index (κ3) is 6.14. The van der Waals surface area contributed by atoms with E-state index in [1.165, 1.54) is 0 Å². The van der Waals surface area contributed by atoms with Gasteiger partial charge in [-0.3, -0.25) is 10.3 Å². The molecule has 166 valence electrons. The molecule has 9 nitrogen and oxygen atoms in total. The molecule has 0 saturated carbocycles. The van der Waals surface area contributed by atoms with Crippen molar-refractivity contribution in [3.8, 4) is 6.01 Å².